The smallest absolute Gasteiger partial charge is 0.137 e. The molecule has 2 atom stereocenters. The maximum absolute atomic E-state index is 10.4. The molecule has 4 nitrogen and oxygen atoms in total. The van der Waals surface area contributed by atoms with Crippen LogP contribution < -0.4 is 10.1 Å². The molecule has 3 aromatic rings. The fraction of sp³-hybridized carbons (Fsp3) is 0.238. The highest BCUT2D eigenvalue weighted by Gasteiger charge is 2.16. The molecule has 0 fully saturated rings. The maximum atomic E-state index is 10.4. The van der Waals surface area contributed by atoms with Gasteiger partial charge in [0, 0.05) is 11.6 Å². The predicted molar refractivity (Wildman–Crippen MR) is 103 cm³/mol. The minimum Gasteiger partial charge on any atom is -0.495 e. The summed E-state index contributed by atoms with van der Waals surface area (Å²) in [5.41, 5.74) is 1.78. The molecule has 0 aliphatic rings. The molecule has 0 amide bonds. The zero-order chi connectivity index (χ0) is 18.5. The Morgan fingerprint density at radius 3 is 2.58 bits per heavy atom. The Morgan fingerprint density at radius 1 is 1.12 bits per heavy atom. The molecule has 136 valence electrons. The van der Waals surface area contributed by atoms with E-state index in [1.807, 2.05) is 67.6 Å². The van der Waals surface area contributed by atoms with Crippen molar-refractivity contribution in [2.75, 3.05) is 7.11 Å². The fourth-order valence-electron chi connectivity index (χ4n) is 2.76. The van der Waals surface area contributed by atoms with Gasteiger partial charge in [-0.05, 0) is 42.8 Å². The molecule has 3 rings (SSSR count). The van der Waals surface area contributed by atoms with Crippen molar-refractivity contribution in [2.45, 2.75) is 25.6 Å². The van der Waals surface area contributed by atoms with Crippen LogP contribution in [0.4, 0.5) is 0 Å². The molecule has 0 aliphatic carbocycles. The molecule has 0 spiro atoms. The minimum atomic E-state index is -0.578. The SMILES string of the molecule is COc1ccc(-c2ccc(CN[C@H](C)[C@@H](O)c3ccccc3)o2)cc1Cl. The van der Waals surface area contributed by atoms with E-state index in [1.165, 1.54) is 0 Å². The van der Waals surface area contributed by atoms with Crippen molar-refractivity contribution >= 4 is 11.6 Å². The Morgan fingerprint density at radius 2 is 1.88 bits per heavy atom. The average Bonchev–Trinajstić information content (AvgIpc) is 3.15. The van der Waals surface area contributed by atoms with Crippen molar-refractivity contribution in [3.8, 4) is 17.1 Å². The van der Waals surface area contributed by atoms with Crippen LogP contribution in [0.15, 0.2) is 65.1 Å². The monoisotopic (exact) mass is 371 g/mol. The van der Waals surface area contributed by atoms with E-state index in [-0.39, 0.29) is 6.04 Å². The first kappa shape index (κ1) is 18.5. The molecule has 0 aliphatic heterocycles. The maximum Gasteiger partial charge on any atom is 0.137 e. The van der Waals surface area contributed by atoms with Crippen LogP contribution in [0.5, 0.6) is 5.75 Å². The topological polar surface area (TPSA) is 54.6 Å². The quantitative estimate of drug-likeness (QED) is 0.625. The number of nitrogens with one attached hydrogen (secondary N) is 1. The van der Waals surface area contributed by atoms with Gasteiger partial charge in [-0.15, -0.1) is 0 Å². The van der Waals surface area contributed by atoms with Gasteiger partial charge in [-0.25, -0.2) is 0 Å². The van der Waals surface area contributed by atoms with Crippen LogP contribution in [0.3, 0.4) is 0 Å². The number of hydrogen-bond donors (Lipinski definition) is 2. The van der Waals surface area contributed by atoms with Crippen molar-refractivity contribution in [1.29, 1.82) is 0 Å². The summed E-state index contributed by atoms with van der Waals surface area (Å²) in [6, 6.07) is 18.9. The molecular formula is C21H22ClNO3. The number of methoxy groups -OCH3 is 1. The number of ether oxygens (including phenoxy) is 1. The molecule has 1 aromatic heterocycles. The summed E-state index contributed by atoms with van der Waals surface area (Å²) in [6.07, 6.45) is -0.578. The van der Waals surface area contributed by atoms with Gasteiger partial charge >= 0.3 is 0 Å². The van der Waals surface area contributed by atoms with Gasteiger partial charge in [-0.1, -0.05) is 41.9 Å². The summed E-state index contributed by atoms with van der Waals surface area (Å²) >= 11 is 6.18. The highest BCUT2D eigenvalue weighted by molar-refractivity contribution is 6.32. The van der Waals surface area contributed by atoms with E-state index in [9.17, 15) is 5.11 Å². The molecule has 0 saturated carbocycles. The van der Waals surface area contributed by atoms with E-state index >= 15 is 0 Å². The fourth-order valence-corrected chi connectivity index (χ4v) is 3.02. The van der Waals surface area contributed by atoms with Gasteiger partial charge in [0.2, 0.25) is 0 Å². The normalized spacial score (nSPS) is 13.4. The second-order valence-electron chi connectivity index (χ2n) is 6.14. The van der Waals surface area contributed by atoms with Crippen LogP contribution in [0.25, 0.3) is 11.3 Å². The molecule has 0 saturated heterocycles. The van der Waals surface area contributed by atoms with E-state index in [0.717, 1.165) is 22.6 Å². The van der Waals surface area contributed by atoms with E-state index in [0.29, 0.717) is 17.3 Å². The minimum absolute atomic E-state index is 0.110. The van der Waals surface area contributed by atoms with E-state index < -0.39 is 6.10 Å². The van der Waals surface area contributed by atoms with Crippen LogP contribution in [0.2, 0.25) is 5.02 Å². The highest BCUT2D eigenvalue weighted by atomic mass is 35.5. The standard InChI is InChI=1S/C21H22ClNO3/c1-14(21(24)15-6-4-3-5-7-15)23-13-17-9-11-19(26-17)16-8-10-20(25-2)18(22)12-16/h3-12,14,21,23-24H,13H2,1-2H3/t14-,21-/m1/s1. The Labute approximate surface area is 158 Å². The predicted octanol–water partition coefficient (Wildman–Crippen LogP) is 4.82. The molecule has 2 N–H and O–H groups in total. The van der Waals surface area contributed by atoms with Gasteiger partial charge in [0.05, 0.1) is 24.8 Å². The van der Waals surface area contributed by atoms with Crippen LogP contribution in [-0.4, -0.2) is 18.3 Å². The van der Waals surface area contributed by atoms with Gasteiger partial charge in [0.25, 0.3) is 0 Å². The third kappa shape index (κ3) is 4.28. The molecule has 0 radical (unpaired) electrons. The van der Waals surface area contributed by atoms with Crippen LogP contribution in [0.1, 0.15) is 24.4 Å². The van der Waals surface area contributed by atoms with Crippen LogP contribution in [0, 0.1) is 0 Å². The molecule has 0 bridgehead atoms. The first-order valence-corrected chi connectivity index (χ1v) is 8.85. The third-order valence-electron chi connectivity index (χ3n) is 4.31. The highest BCUT2D eigenvalue weighted by Crippen LogP contribution is 2.31. The lowest BCUT2D eigenvalue weighted by molar-refractivity contribution is 0.134. The van der Waals surface area contributed by atoms with Crippen LogP contribution in [-0.2, 0) is 6.54 Å². The summed E-state index contributed by atoms with van der Waals surface area (Å²) in [6.45, 7) is 2.47. The summed E-state index contributed by atoms with van der Waals surface area (Å²) in [4.78, 5) is 0. The number of benzene rings is 2. The van der Waals surface area contributed by atoms with E-state index in [2.05, 4.69) is 5.32 Å². The van der Waals surface area contributed by atoms with Gasteiger partial charge in [0.1, 0.15) is 17.3 Å². The van der Waals surface area contributed by atoms with Crippen molar-refractivity contribution in [2.24, 2.45) is 0 Å². The first-order chi connectivity index (χ1) is 12.6. The third-order valence-corrected chi connectivity index (χ3v) is 4.61. The summed E-state index contributed by atoms with van der Waals surface area (Å²) in [5.74, 6) is 2.16. The second-order valence-corrected chi connectivity index (χ2v) is 6.55. The molecule has 1 heterocycles. The number of rotatable bonds is 7. The van der Waals surface area contributed by atoms with Crippen molar-refractivity contribution in [1.82, 2.24) is 5.32 Å². The van der Waals surface area contributed by atoms with Crippen molar-refractivity contribution < 1.29 is 14.3 Å². The van der Waals surface area contributed by atoms with E-state index in [4.69, 9.17) is 20.8 Å². The molecular weight excluding hydrogens is 350 g/mol. The number of furan rings is 1. The van der Waals surface area contributed by atoms with Gasteiger partial charge in [-0.2, -0.15) is 0 Å². The number of hydrogen-bond acceptors (Lipinski definition) is 4. The number of halogens is 1. The second kappa shape index (κ2) is 8.41. The summed E-state index contributed by atoms with van der Waals surface area (Å²) in [5, 5.41) is 14.3. The first-order valence-electron chi connectivity index (χ1n) is 8.47. The van der Waals surface area contributed by atoms with Crippen LogP contribution >= 0.6 is 11.6 Å². The lowest BCUT2D eigenvalue weighted by atomic mass is 10.0. The summed E-state index contributed by atoms with van der Waals surface area (Å²) in [7, 11) is 1.59. The number of aliphatic hydroxyl groups excluding tert-OH is 1. The Bertz CT molecular complexity index is 847. The Kier molecular flexibility index (Phi) is 5.99. The van der Waals surface area contributed by atoms with Crippen molar-refractivity contribution in [3.63, 3.8) is 0 Å². The molecule has 0 unspecified atom stereocenters. The van der Waals surface area contributed by atoms with Crippen molar-refractivity contribution in [3.05, 3.63) is 77.0 Å². The Hall–Kier alpha value is -2.27. The van der Waals surface area contributed by atoms with Gasteiger partial charge in [-0.3, -0.25) is 0 Å². The lowest BCUT2D eigenvalue weighted by Gasteiger charge is -2.20. The molecule has 26 heavy (non-hydrogen) atoms. The number of aliphatic hydroxyl groups is 1. The Balaban J connectivity index is 1.62. The molecule has 5 heteroatoms. The molecule has 2 aromatic carbocycles. The largest absolute Gasteiger partial charge is 0.495 e. The zero-order valence-corrected chi connectivity index (χ0v) is 15.5. The average molecular weight is 372 g/mol. The zero-order valence-electron chi connectivity index (χ0n) is 14.8. The van der Waals surface area contributed by atoms with E-state index in [1.54, 1.807) is 7.11 Å². The summed E-state index contributed by atoms with van der Waals surface area (Å²) < 4.78 is 11.1. The van der Waals surface area contributed by atoms with Gasteiger partial charge < -0.3 is 19.6 Å². The lowest BCUT2D eigenvalue weighted by Crippen LogP contribution is -2.31. The van der Waals surface area contributed by atoms with Gasteiger partial charge in [0.15, 0.2) is 0 Å².